The first-order chi connectivity index (χ1) is 18.9. The number of ether oxygens (including phenoxy) is 1. The summed E-state index contributed by atoms with van der Waals surface area (Å²) in [5, 5.41) is 2.37. The fraction of sp³-hybridized carbons (Fsp3) is 0.469. The predicted octanol–water partition coefficient (Wildman–Crippen LogP) is 4.97. The second-order valence-corrected chi connectivity index (χ2v) is 12.3. The number of morpholine rings is 1. The Morgan fingerprint density at radius 3 is 2.10 bits per heavy atom. The van der Waals surface area contributed by atoms with Crippen molar-refractivity contribution in [1.29, 1.82) is 0 Å². The third-order valence-corrected chi connectivity index (χ3v) is 9.81. The minimum atomic E-state index is -0.705. The van der Waals surface area contributed by atoms with Gasteiger partial charge in [0, 0.05) is 18.8 Å². The summed E-state index contributed by atoms with van der Waals surface area (Å²) in [6, 6.07) is 13.3. The molecule has 7 nitrogen and oxygen atoms in total. The molecule has 2 aromatic rings. The second kappa shape index (κ2) is 9.33. The standard InChI is InChI=1S/C32H35N3O4/c1-20-12-27(34-8-10-39-11-9-34)5-2-24(20)16-28-29(36)33-31(38)35(30(28)37)26-6-3-25(4-7-26)32-17-21-13-22(18-32)15-23(14-21)19-32/h2-7,12,16,21-23H,8-11,13-15,17-19H2,1H3,(H,33,36,38)/b28-16+. The summed E-state index contributed by atoms with van der Waals surface area (Å²) in [5.74, 6) is 1.27. The van der Waals surface area contributed by atoms with Crippen LogP contribution in [0.2, 0.25) is 0 Å². The van der Waals surface area contributed by atoms with Crippen molar-refractivity contribution in [1.82, 2.24) is 5.32 Å². The first kappa shape index (κ1) is 24.6. The van der Waals surface area contributed by atoms with Gasteiger partial charge in [-0.15, -0.1) is 0 Å². The van der Waals surface area contributed by atoms with Crippen molar-refractivity contribution in [2.45, 2.75) is 50.9 Å². The van der Waals surface area contributed by atoms with Gasteiger partial charge in [0.05, 0.1) is 18.9 Å². The Morgan fingerprint density at radius 1 is 0.872 bits per heavy atom. The Kier molecular flexibility index (Phi) is 5.88. The zero-order valence-electron chi connectivity index (χ0n) is 22.4. The third kappa shape index (κ3) is 4.27. The van der Waals surface area contributed by atoms with E-state index in [4.69, 9.17) is 4.74 Å². The van der Waals surface area contributed by atoms with Crippen LogP contribution in [0, 0.1) is 24.7 Å². The summed E-state index contributed by atoms with van der Waals surface area (Å²) >= 11 is 0. The molecule has 7 heteroatoms. The molecule has 39 heavy (non-hydrogen) atoms. The fourth-order valence-corrected chi connectivity index (χ4v) is 8.32. The average Bonchev–Trinajstić information content (AvgIpc) is 2.92. The van der Waals surface area contributed by atoms with Gasteiger partial charge in [-0.25, -0.2) is 9.69 Å². The molecule has 4 bridgehead atoms. The molecular formula is C32H35N3O4. The van der Waals surface area contributed by atoms with Crippen LogP contribution in [0.4, 0.5) is 16.2 Å². The Morgan fingerprint density at radius 2 is 1.49 bits per heavy atom. The molecule has 0 atom stereocenters. The molecule has 2 heterocycles. The molecular weight excluding hydrogens is 490 g/mol. The normalized spacial score (nSPS) is 31.3. The molecule has 4 aliphatic carbocycles. The van der Waals surface area contributed by atoms with E-state index in [0.29, 0.717) is 18.9 Å². The van der Waals surface area contributed by atoms with Crippen molar-refractivity contribution in [3.05, 3.63) is 64.7 Å². The maximum Gasteiger partial charge on any atom is 0.335 e. The number of nitrogens with zero attached hydrogens (tertiary/aromatic N) is 2. The number of urea groups is 1. The number of nitrogens with one attached hydrogen (secondary N) is 1. The largest absolute Gasteiger partial charge is 0.378 e. The number of rotatable bonds is 4. The van der Waals surface area contributed by atoms with Crippen LogP contribution in [0.1, 0.15) is 55.2 Å². The molecule has 0 unspecified atom stereocenters. The molecule has 0 radical (unpaired) electrons. The SMILES string of the molecule is Cc1cc(N2CCOCC2)ccc1/C=C1\C(=O)NC(=O)N(c2ccc(C34CC5CC(CC(C5)C3)C4)cc2)C1=O. The quantitative estimate of drug-likeness (QED) is 0.451. The third-order valence-electron chi connectivity index (χ3n) is 9.81. The number of anilines is 2. The first-order valence-electron chi connectivity index (χ1n) is 14.3. The lowest BCUT2D eigenvalue weighted by molar-refractivity contribution is -0.122. The summed E-state index contributed by atoms with van der Waals surface area (Å²) in [7, 11) is 0. The van der Waals surface area contributed by atoms with Crippen molar-refractivity contribution in [2.75, 3.05) is 36.1 Å². The zero-order chi connectivity index (χ0) is 26.7. The monoisotopic (exact) mass is 525 g/mol. The van der Waals surface area contributed by atoms with E-state index >= 15 is 0 Å². The number of benzene rings is 2. The predicted molar refractivity (Wildman–Crippen MR) is 150 cm³/mol. The zero-order valence-corrected chi connectivity index (χ0v) is 22.4. The number of aryl methyl sites for hydroxylation is 1. The summed E-state index contributed by atoms with van der Waals surface area (Å²) in [6.45, 7) is 5.03. The summed E-state index contributed by atoms with van der Waals surface area (Å²) in [4.78, 5) is 42.5. The van der Waals surface area contributed by atoms with Crippen LogP contribution in [0.15, 0.2) is 48.0 Å². The van der Waals surface area contributed by atoms with Gasteiger partial charge >= 0.3 is 6.03 Å². The molecule has 2 saturated heterocycles. The number of hydrogen-bond donors (Lipinski definition) is 1. The van der Waals surface area contributed by atoms with E-state index in [1.54, 1.807) is 6.08 Å². The molecule has 2 aromatic carbocycles. The maximum absolute atomic E-state index is 13.5. The first-order valence-corrected chi connectivity index (χ1v) is 14.3. The smallest absolute Gasteiger partial charge is 0.335 e. The van der Waals surface area contributed by atoms with Gasteiger partial charge in [-0.3, -0.25) is 14.9 Å². The van der Waals surface area contributed by atoms with Gasteiger partial charge in [-0.2, -0.15) is 0 Å². The van der Waals surface area contributed by atoms with Gasteiger partial charge < -0.3 is 9.64 Å². The van der Waals surface area contributed by atoms with Crippen LogP contribution in [-0.2, 0) is 19.7 Å². The van der Waals surface area contributed by atoms with Gasteiger partial charge in [-0.05, 0) is 116 Å². The molecule has 2 aliphatic heterocycles. The van der Waals surface area contributed by atoms with E-state index < -0.39 is 17.8 Å². The second-order valence-electron chi connectivity index (χ2n) is 12.3. The van der Waals surface area contributed by atoms with Crippen molar-refractivity contribution in [3.63, 3.8) is 0 Å². The lowest BCUT2D eigenvalue weighted by Crippen LogP contribution is -2.54. The molecule has 202 valence electrons. The van der Waals surface area contributed by atoms with E-state index in [1.165, 1.54) is 44.1 Å². The molecule has 4 amide bonds. The van der Waals surface area contributed by atoms with Crippen LogP contribution in [0.5, 0.6) is 0 Å². The molecule has 4 saturated carbocycles. The highest BCUT2D eigenvalue weighted by molar-refractivity contribution is 6.39. The van der Waals surface area contributed by atoms with Crippen LogP contribution in [0.3, 0.4) is 0 Å². The van der Waals surface area contributed by atoms with Crippen molar-refractivity contribution in [2.24, 2.45) is 17.8 Å². The van der Waals surface area contributed by atoms with Crippen LogP contribution in [-0.4, -0.2) is 44.1 Å². The Hall–Kier alpha value is -3.45. The highest BCUT2D eigenvalue weighted by atomic mass is 16.5. The van der Waals surface area contributed by atoms with Crippen molar-refractivity contribution >= 4 is 35.3 Å². The Labute approximate surface area is 229 Å². The number of carbonyl (C=O) groups excluding carboxylic acids is 3. The van der Waals surface area contributed by atoms with E-state index in [2.05, 4.69) is 28.4 Å². The summed E-state index contributed by atoms with van der Waals surface area (Å²) < 4.78 is 5.45. The van der Waals surface area contributed by atoms with Gasteiger partial charge in [0.2, 0.25) is 0 Å². The number of imide groups is 2. The van der Waals surface area contributed by atoms with E-state index in [1.807, 2.05) is 31.2 Å². The van der Waals surface area contributed by atoms with Gasteiger partial charge in [-0.1, -0.05) is 18.2 Å². The Bertz CT molecular complexity index is 1340. The van der Waals surface area contributed by atoms with E-state index in [0.717, 1.165) is 52.6 Å². The molecule has 6 fully saturated rings. The topological polar surface area (TPSA) is 79.0 Å². The highest BCUT2D eigenvalue weighted by Gasteiger charge is 2.51. The average molecular weight is 526 g/mol. The van der Waals surface area contributed by atoms with Crippen LogP contribution >= 0.6 is 0 Å². The lowest BCUT2D eigenvalue weighted by atomic mass is 9.48. The summed E-state index contributed by atoms with van der Waals surface area (Å²) in [6.07, 6.45) is 9.53. The van der Waals surface area contributed by atoms with Crippen LogP contribution < -0.4 is 15.1 Å². The van der Waals surface area contributed by atoms with Gasteiger partial charge in [0.25, 0.3) is 11.8 Å². The molecule has 1 N–H and O–H groups in total. The minimum Gasteiger partial charge on any atom is -0.378 e. The van der Waals surface area contributed by atoms with Gasteiger partial charge in [0.1, 0.15) is 5.57 Å². The lowest BCUT2D eigenvalue weighted by Gasteiger charge is -2.57. The van der Waals surface area contributed by atoms with Gasteiger partial charge in [0.15, 0.2) is 0 Å². The summed E-state index contributed by atoms with van der Waals surface area (Å²) in [5.41, 5.74) is 4.84. The Balaban J connectivity index is 1.14. The number of amides is 4. The van der Waals surface area contributed by atoms with E-state index in [-0.39, 0.29) is 11.0 Å². The molecule has 8 rings (SSSR count). The number of hydrogen-bond acceptors (Lipinski definition) is 5. The molecule has 6 aliphatic rings. The van der Waals surface area contributed by atoms with Crippen molar-refractivity contribution in [3.8, 4) is 0 Å². The molecule has 0 aromatic heterocycles. The van der Waals surface area contributed by atoms with E-state index in [9.17, 15) is 14.4 Å². The minimum absolute atomic E-state index is 0.0398. The highest BCUT2D eigenvalue weighted by Crippen LogP contribution is 2.60. The van der Waals surface area contributed by atoms with Crippen molar-refractivity contribution < 1.29 is 19.1 Å². The van der Waals surface area contributed by atoms with Crippen LogP contribution in [0.25, 0.3) is 6.08 Å². The molecule has 0 spiro atoms. The maximum atomic E-state index is 13.5. The number of barbiturate groups is 1. The fourth-order valence-electron chi connectivity index (χ4n) is 8.32. The number of carbonyl (C=O) groups is 3.